The first-order valence-electron chi connectivity index (χ1n) is 8.53. The first-order chi connectivity index (χ1) is 13.0. The summed E-state index contributed by atoms with van der Waals surface area (Å²) < 4.78 is 12.5. The molecule has 4 rings (SSSR count). The third-order valence-corrected chi connectivity index (χ3v) is 4.61. The van der Waals surface area contributed by atoms with Gasteiger partial charge in [-0.15, -0.1) is 5.10 Å². The van der Waals surface area contributed by atoms with Gasteiger partial charge in [-0.1, -0.05) is 23.8 Å². The summed E-state index contributed by atoms with van der Waals surface area (Å²) in [6.45, 7) is 3.72. The van der Waals surface area contributed by atoms with Crippen molar-refractivity contribution in [2.45, 2.75) is 19.9 Å². The lowest BCUT2D eigenvalue weighted by Crippen LogP contribution is -2.32. The molecule has 8 nitrogen and oxygen atoms in total. The second-order valence-corrected chi connectivity index (χ2v) is 6.43. The summed E-state index contributed by atoms with van der Waals surface area (Å²) in [5.41, 5.74) is 2.80. The van der Waals surface area contributed by atoms with Gasteiger partial charge in [0.1, 0.15) is 6.04 Å². The fourth-order valence-electron chi connectivity index (χ4n) is 3.05. The number of ether oxygens (including phenoxy) is 2. The van der Waals surface area contributed by atoms with Crippen LogP contribution in [0, 0.1) is 6.92 Å². The number of hydrogen-bond acceptors (Lipinski definition) is 6. The third-order valence-electron chi connectivity index (χ3n) is 4.61. The summed E-state index contributed by atoms with van der Waals surface area (Å²) >= 11 is 0. The van der Waals surface area contributed by atoms with Gasteiger partial charge in [-0.05, 0) is 47.2 Å². The molecule has 1 aliphatic rings. The van der Waals surface area contributed by atoms with E-state index in [9.17, 15) is 4.79 Å². The van der Waals surface area contributed by atoms with Gasteiger partial charge >= 0.3 is 0 Å². The number of aromatic nitrogens is 4. The Morgan fingerprint density at radius 1 is 1.15 bits per heavy atom. The van der Waals surface area contributed by atoms with E-state index in [-0.39, 0.29) is 12.7 Å². The lowest BCUT2D eigenvalue weighted by Gasteiger charge is -2.26. The molecule has 0 fully saturated rings. The Morgan fingerprint density at radius 3 is 2.63 bits per heavy atom. The SMILES string of the molecule is CC(=O)N(C)[C@H](c1ccc2c(c1)OCO2)c1nnnn1-c1ccc(C)cc1. The molecule has 138 valence electrons. The highest BCUT2D eigenvalue weighted by Crippen LogP contribution is 2.37. The van der Waals surface area contributed by atoms with Gasteiger partial charge in [0.05, 0.1) is 5.69 Å². The zero-order chi connectivity index (χ0) is 19.0. The molecular weight excluding hydrogens is 346 g/mol. The molecule has 8 heteroatoms. The Bertz CT molecular complexity index is 983. The van der Waals surface area contributed by atoms with Gasteiger partial charge in [0.15, 0.2) is 17.3 Å². The van der Waals surface area contributed by atoms with Crippen molar-refractivity contribution in [2.24, 2.45) is 0 Å². The number of carbonyl (C=O) groups excluding carboxylic acids is 1. The van der Waals surface area contributed by atoms with E-state index in [0.717, 1.165) is 16.8 Å². The van der Waals surface area contributed by atoms with Crippen LogP contribution in [0.2, 0.25) is 0 Å². The van der Waals surface area contributed by atoms with Crippen LogP contribution in [0.25, 0.3) is 5.69 Å². The first kappa shape index (κ1) is 17.0. The summed E-state index contributed by atoms with van der Waals surface area (Å²) in [6.07, 6.45) is 0. The van der Waals surface area contributed by atoms with E-state index < -0.39 is 6.04 Å². The Labute approximate surface area is 156 Å². The molecule has 0 saturated heterocycles. The van der Waals surface area contributed by atoms with Crippen LogP contribution in [-0.2, 0) is 4.79 Å². The van der Waals surface area contributed by atoms with Crippen LogP contribution in [0.4, 0.5) is 0 Å². The molecule has 0 spiro atoms. The van der Waals surface area contributed by atoms with Crippen molar-refractivity contribution >= 4 is 5.91 Å². The number of rotatable bonds is 4. The average Bonchev–Trinajstić information content (AvgIpc) is 3.31. The lowest BCUT2D eigenvalue weighted by atomic mass is 10.0. The number of aryl methyl sites for hydroxylation is 1. The van der Waals surface area contributed by atoms with Crippen LogP contribution in [0.5, 0.6) is 11.5 Å². The molecule has 0 bridgehead atoms. The van der Waals surface area contributed by atoms with Crippen molar-refractivity contribution in [3.63, 3.8) is 0 Å². The minimum absolute atomic E-state index is 0.101. The van der Waals surface area contributed by atoms with Gasteiger partial charge in [0.25, 0.3) is 0 Å². The molecule has 2 aromatic carbocycles. The van der Waals surface area contributed by atoms with Gasteiger partial charge in [-0.3, -0.25) is 4.79 Å². The standard InChI is InChI=1S/C19H19N5O3/c1-12-4-7-15(8-5-12)24-19(20-21-22-24)18(23(3)13(2)25)14-6-9-16-17(10-14)27-11-26-16/h4-10,18H,11H2,1-3H3/t18-/m1/s1. The number of amides is 1. The lowest BCUT2D eigenvalue weighted by molar-refractivity contribution is -0.129. The fourth-order valence-corrected chi connectivity index (χ4v) is 3.05. The number of tetrazole rings is 1. The summed E-state index contributed by atoms with van der Waals surface area (Å²) in [5.74, 6) is 1.76. The van der Waals surface area contributed by atoms with Crippen molar-refractivity contribution in [1.82, 2.24) is 25.1 Å². The minimum Gasteiger partial charge on any atom is -0.454 e. The highest BCUT2D eigenvalue weighted by atomic mass is 16.7. The van der Waals surface area contributed by atoms with Crippen LogP contribution in [0.15, 0.2) is 42.5 Å². The normalized spacial score (nSPS) is 13.4. The molecule has 0 N–H and O–H groups in total. The Morgan fingerprint density at radius 2 is 1.89 bits per heavy atom. The highest BCUT2D eigenvalue weighted by Gasteiger charge is 2.29. The molecule has 0 unspecified atom stereocenters. The maximum Gasteiger partial charge on any atom is 0.231 e. The van der Waals surface area contributed by atoms with Crippen LogP contribution >= 0.6 is 0 Å². The number of nitrogens with zero attached hydrogens (tertiary/aromatic N) is 5. The topological polar surface area (TPSA) is 82.4 Å². The van der Waals surface area contributed by atoms with Crippen LogP contribution in [0.3, 0.4) is 0 Å². The van der Waals surface area contributed by atoms with E-state index in [1.165, 1.54) is 6.92 Å². The maximum atomic E-state index is 12.2. The minimum atomic E-state index is -0.478. The van der Waals surface area contributed by atoms with Gasteiger partial charge in [-0.2, -0.15) is 4.68 Å². The molecule has 1 amide bonds. The maximum absolute atomic E-state index is 12.2. The van der Waals surface area contributed by atoms with Crippen molar-refractivity contribution in [1.29, 1.82) is 0 Å². The highest BCUT2D eigenvalue weighted by molar-refractivity contribution is 5.74. The third kappa shape index (κ3) is 3.10. The molecule has 0 radical (unpaired) electrons. The monoisotopic (exact) mass is 365 g/mol. The van der Waals surface area contributed by atoms with Gasteiger partial charge < -0.3 is 14.4 Å². The van der Waals surface area contributed by atoms with Gasteiger partial charge in [0.2, 0.25) is 12.7 Å². The second kappa shape index (κ2) is 6.71. The molecule has 1 atom stereocenters. The number of benzene rings is 2. The molecule has 0 aliphatic carbocycles. The quantitative estimate of drug-likeness (QED) is 0.705. The van der Waals surface area contributed by atoms with E-state index in [1.54, 1.807) is 16.6 Å². The van der Waals surface area contributed by atoms with Crippen LogP contribution < -0.4 is 9.47 Å². The van der Waals surface area contributed by atoms with Gasteiger partial charge in [-0.25, -0.2) is 0 Å². The van der Waals surface area contributed by atoms with Crippen molar-refractivity contribution < 1.29 is 14.3 Å². The number of carbonyl (C=O) groups is 1. The second-order valence-electron chi connectivity index (χ2n) is 6.43. The van der Waals surface area contributed by atoms with Crippen molar-refractivity contribution in [2.75, 3.05) is 13.8 Å². The molecule has 0 saturated carbocycles. The molecule has 2 heterocycles. The van der Waals surface area contributed by atoms with Crippen molar-refractivity contribution in [3.8, 4) is 17.2 Å². The van der Waals surface area contributed by atoms with E-state index in [0.29, 0.717) is 17.3 Å². The number of hydrogen-bond donors (Lipinski definition) is 0. The predicted octanol–water partition coefficient (Wildman–Crippen LogP) is 2.27. The largest absolute Gasteiger partial charge is 0.454 e. The Kier molecular flexibility index (Phi) is 4.23. The Balaban J connectivity index is 1.82. The molecular formula is C19H19N5O3. The zero-order valence-electron chi connectivity index (χ0n) is 15.3. The summed E-state index contributed by atoms with van der Waals surface area (Å²) in [5, 5.41) is 12.2. The van der Waals surface area contributed by atoms with Crippen molar-refractivity contribution in [3.05, 3.63) is 59.4 Å². The van der Waals surface area contributed by atoms with E-state index >= 15 is 0 Å². The van der Waals surface area contributed by atoms with E-state index in [1.807, 2.05) is 49.4 Å². The van der Waals surface area contributed by atoms with Gasteiger partial charge in [0, 0.05) is 14.0 Å². The summed E-state index contributed by atoms with van der Waals surface area (Å²) in [6, 6.07) is 13.0. The van der Waals surface area contributed by atoms with E-state index in [2.05, 4.69) is 15.5 Å². The summed E-state index contributed by atoms with van der Waals surface area (Å²) in [4.78, 5) is 13.8. The smallest absolute Gasteiger partial charge is 0.231 e. The zero-order valence-corrected chi connectivity index (χ0v) is 15.3. The summed E-state index contributed by atoms with van der Waals surface area (Å²) in [7, 11) is 1.73. The molecule has 27 heavy (non-hydrogen) atoms. The fraction of sp³-hybridized carbons (Fsp3) is 0.263. The molecule has 1 aliphatic heterocycles. The number of fused-ring (bicyclic) bond motifs is 1. The Hall–Kier alpha value is -3.42. The first-order valence-corrected chi connectivity index (χ1v) is 8.53. The molecule has 1 aromatic heterocycles. The predicted molar refractivity (Wildman–Crippen MR) is 96.7 cm³/mol. The van der Waals surface area contributed by atoms with Crippen LogP contribution in [-0.4, -0.2) is 44.9 Å². The molecule has 3 aromatic rings. The average molecular weight is 365 g/mol. The van der Waals surface area contributed by atoms with E-state index in [4.69, 9.17) is 9.47 Å². The van der Waals surface area contributed by atoms with Crippen LogP contribution in [0.1, 0.15) is 29.9 Å².